The smallest absolute Gasteiger partial charge is 0.0867 e. The molecule has 3 rings (SSSR count). The Labute approximate surface area is 96.4 Å². The van der Waals surface area contributed by atoms with Crippen LogP contribution in [-0.2, 0) is 11.3 Å². The summed E-state index contributed by atoms with van der Waals surface area (Å²) in [6, 6.07) is 11.2. The van der Waals surface area contributed by atoms with E-state index in [4.69, 9.17) is 4.74 Å². The molecular formula is C13H18N2O. The van der Waals surface area contributed by atoms with Gasteiger partial charge in [-0.15, -0.1) is 0 Å². The van der Waals surface area contributed by atoms with Gasteiger partial charge in [0.15, 0.2) is 0 Å². The summed E-state index contributed by atoms with van der Waals surface area (Å²) >= 11 is 0. The van der Waals surface area contributed by atoms with Crippen LogP contribution in [0.4, 0.5) is 0 Å². The largest absolute Gasteiger partial charge is 0.374 e. The number of nitrogens with one attached hydrogen (secondary N) is 1. The second-order valence-electron chi connectivity index (χ2n) is 4.65. The van der Waals surface area contributed by atoms with Crippen LogP contribution >= 0.6 is 0 Å². The number of nitrogens with zero attached hydrogens (tertiary/aromatic N) is 1. The zero-order chi connectivity index (χ0) is 10.8. The molecule has 0 spiro atoms. The van der Waals surface area contributed by atoms with Crippen molar-refractivity contribution in [2.24, 2.45) is 0 Å². The zero-order valence-electron chi connectivity index (χ0n) is 9.43. The highest BCUT2D eigenvalue weighted by Crippen LogP contribution is 2.18. The molecule has 0 amide bonds. The van der Waals surface area contributed by atoms with Gasteiger partial charge in [-0.2, -0.15) is 0 Å². The molecule has 3 nitrogen and oxygen atoms in total. The Morgan fingerprint density at radius 2 is 2.12 bits per heavy atom. The normalized spacial score (nSPS) is 30.2. The van der Waals surface area contributed by atoms with Crippen molar-refractivity contribution in [1.29, 1.82) is 0 Å². The molecule has 16 heavy (non-hydrogen) atoms. The fourth-order valence-electron chi connectivity index (χ4n) is 2.64. The maximum Gasteiger partial charge on any atom is 0.0867 e. The van der Waals surface area contributed by atoms with Crippen molar-refractivity contribution < 1.29 is 4.74 Å². The van der Waals surface area contributed by atoms with Crippen molar-refractivity contribution in [3.8, 4) is 0 Å². The summed E-state index contributed by atoms with van der Waals surface area (Å²) in [6.07, 6.45) is 0.400. The number of morpholine rings is 1. The molecule has 0 bridgehead atoms. The lowest BCUT2D eigenvalue weighted by Gasteiger charge is -2.25. The molecule has 1 aromatic rings. The highest BCUT2D eigenvalue weighted by atomic mass is 16.5. The molecule has 86 valence electrons. The quantitative estimate of drug-likeness (QED) is 0.797. The summed E-state index contributed by atoms with van der Waals surface area (Å²) in [5.74, 6) is 0. The molecule has 3 heteroatoms. The van der Waals surface area contributed by atoms with E-state index in [0.717, 1.165) is 32.8 Å². The van der Waals surface area contributed by atoms with E-state index in [1.807, 2.05) is 0 Å². The van der Waals surface area contributed by atoms with Gasteiger partial charge < -0.3 is 10.1 Å². The van der Waals surface area contributed by atoms with E-state index in [9.17, 15) is 0 Å². The van der Waals surface area contributed by atoms with E-state index >= 15 is 0 Å². The second kappa shape index (κ2) is 4.53. The molecule has 2 atom stereocenters. The van der Waals surface area contributed by atoms with Crippen LogP contribution in [-0.4, -0.2) is 43.3 Å². The number of likely N-dealkylation sites (tertiary alicyclic amines) is 1. The minimum atomic E-state index is 0.400. The Bertz CT molecular complexity index is 327. The van der Waals surface area contributed by atoms with Crippen molar-refractivity contribution in [1.82, 2.24) is 10.2 Å². The third-order valence-electron chi connectivity index (χ3n) is 3.43. The third kappa shape index (κ3) is 2.12. The van der Waals surface area contributed by atoms with E-state index in [0.29, 0.717) is 12.1 Å². The number of hydrogen-bond acceptors (Lipinski definition) is 3. The lowest BCUT2D eigenvalue weighted by molar-refractivity contribution is 0.0175. The van der Waals surface area contributed by atoms with Gasteiger partial charge in [0.2, 0.25) is 0 Å². The number of ether oxygens (including phenoxy) is 1. The molecule has 0 radical (unpaired) electrons. The number of benzene rings is 1. The van der Waals surface area contributed by atoms with Crippen molar-refractivity contribution in [2.75, 3.05) is 26.2 Å². The molecule has 0 saturated carbocycles. The number of hydrogen-bond donors (Lipinski definition) is 1. The molecule has 2 aliphatic rings. The van der Waals surface area contributed by atoms with Crippen LogP contribution in [0.15, 0.2) is 30.3 Å². The van der Waals surface area contributed by atoms with Crippen molar-refractivity contribution in [3.63, 3.8) is 0 Å². The van der Waals surface area contributed by atoms with Crippen molar-refractivity contribution in [3.05, 3.63) is 35.9 Å². The number of rotatable bonds is 2. The summed E-state index contributed by atoms with van der Waals surface area (Å²) in [5.41, 5.74) is 1.39. The van der Waals surface area contributed by atoms with Crippen LogP contribution in [0.1, 0.15) is 5.56 Å². The standard InChI is InChI=1S/C13H18N2O/c1-2-4-11(5-3-1)8-15-9-12-13(10-15)16-7-6-14-12/h1-5,12-14H,6-10H2/t12-,13-/m1/s1. The van der Waals surface area contributed by atoms with Gasteiger partial charge in [-0.1, -0.05) is 30.3 Å². The van der Waals surface area contributed by atoms with Crippen LogP contribution < -0.4 is 5.32 Å². The molecular weight excluding hydrogens is 200 g/mol. The third-order valence-corrected chi connectivity index (χ3v) is 3.43. The molecule has 0 aliphatic carbocycles. The van der Waals surface area contributed by atoms with E-state index < -0.39 is 0 Å². The van der Waals surface area contributed by atoms with E-state index in [2.05, 4.69) is 40.5 Å². The summed E-state index contributed by atoms with van der Waals surface area (Å²) in [7, 11) is 0. The lowest BCUT2D eigenvalue weighted by atomic mass is 10.2. The van der Waals surface area contributed by atoms with Crippen LogP contribution in [0.5, 0.6) is 0 Å². The van der Waals surface area contributed by atoms with Crippen LogP contribution in [0.25, 0.3) is 0 Å². The van der Waals surface area contributed by atoms with Crippen LogP contribution in [0.3, 0.4) is 0 Å². The van der Waals surface area contributed by atoms with Gasteiger partial charge in [0.25, 0.3) is 0 Å². The zero-order valence-corrected chi connectivity index (χ0v) is 9.43. The second-order valence-corrected chi connectivity index (χ2v) is 4.65. The molecule has 0 unspecified atom stereocenters. The average Bonchev–Trinajstić information content (AvgIpc) is 2.72. The van der Waals surface area contributed by atoms with Gasteiger partial charge in [-0.3, -0.25) is 4.90 Å². The van der Waals surface area contributed by atoms with Crippen LogP contribution in [0.2, 0.25) is 0 Å². The van der Waals surface area contributed by atoms with Crippen molar-refractivity contribution >= 4 is 0 Å². The minimum absolute atomic E-state index is 0.400. The van der Waals surface area contributed by atoms with Gasteiger partial charge >= 0.3 is 0 Å². The van der Waals surface area contributed by atoms with Gasteiger partial charge in [0.1, 0.15) is 0 Å². The lowest BCUT2D eigenvalue weighted by Crippen LogP contribution is -2.47. The van der Waals surface area contributed by atoms with E-state index in [-0.39, 0.29) is 0 Å². The predicted molar refractivity (Wildman–Crippen MR) is 63.2 cm³/mol. The SMILES string of the molecule is c1ccc(CN2C[C@H]3NCCO[C@@H]3C2)cc1. The Kier molecular flexibility index (Phi) is 2.91. The first-order valence-corrected chi connectivity index (χ1v) is 6.03. The van der Waals surface area contributed by atoms with Gasteiger partial charge in [-0.05, 0) is 5.56 Å². The fourth-order valence-corrected chi connectivity index (χ4v) is 2.64. The first-order chi connectivity index (χ1) is 7.92. The van der Waals surface area contributed by atoms with E-state index in [1.165, 1.54) is 5.56 Å². The predicted octanol–water partition coefficient (Wildman–Crippen LogP) is 0.859. The Hall–Kier alpha value is -0.900. The maximum absolute atomic E-state index is 5.77. The summed E-state index contributed by atoms with van der Waals surface area (Å²) in [6.45, 7) is 5.08. The van der Waals surface area contributed by atoms with Crippen LogP contribution in [0, 0.1) is 0 Å². The monoisotopic (exact) mass is 218 g/mol. The highest BCUT2D eigenvalue weighted by molar-refractivity contribution is 5.15. The molecule has 2 fully saturated rings. The first kappa shape index (κ1) is 10.3. The van der Waals surface area contributed by atoms with Crippen molar-refractivity contribution in [2.45, 2.75) is 18.7 Å². The molecule has 1 N–H and O–H groups in total. The molecule has 2 aliphatic heterocycles. The molecule has 2 heterocycles. The molecule has 2 saturated heterocycles. The summed E-state index contributed by atoms with van der Waals surface area (Å²) < 4.78 is 5.77. The van der Waals surface area contributed by atoms with Gasteiger partial charge in [0.05, 0.1) is 12.7 Å². The Morgan fingerprint density at radius 3 is 2.94 bits per heavy atom. The summed E-state index contributed by atoms with van der Waals surface area (Å²) in [4.78, 5) is 2.48. The minimum Gasteiger partial charge on any atom is -0.374 e. The topological polar surface area (TPSA) is 24.5 Å². The Morgan fingerprint density at radius 1 is 1.25 bits per heavy atom. The van der Waals surface area contributed by atoms with Gasteiger partial charge in [-0.25, -0.2) is 0 Å². The molecule has 0 aromatic heterocycles. The highest BCUT2D eigenvalue weighted by Gasteiger charge is 2.34. The first-order valence-electron chi connectivity index (χ1n) is 6.03. The van der Waals surface area contributed by atoms with Gasteiger partial charge in [0, 0.05) is 32.2 Å². The fraction of sp³-hybridized carbons (Fsp3) is 0.538. The molecule has 1 aromatic carbocycles. The summed E-state index contributed by atoms with van der Waals surface area (Å²) in [5, 5.41) is 3.53. The number of fused-ring (bicyclic) bond motifs is 1. The van der Waals surface area contributed by atoms with E-state index in [1.54, 1.807) is 0 Å². The maximum atomic E-state index is 5.77. The average molecular weight is 218 g/mol. The Balaban J connectivity index is 1.61.